The molecule has 23 heavy (non-hydrogen) atoms. The zero-order valence-corrected chi connectivity index (χ0v) is 14.0. The van der Waals surface area contributed by atoms with Gasteiger partial charge in [0.2, 0.25) is 10.0 Å². The van der Waals surface area contributed by atoms with Crippen LogP contribution in [0, 0.1) is 6.92 Å². The van der Waals surface area contributed by atoms with Crippen LogP contribution in [0.5, 0.6) is 5.75 Å². The Hall–Kier alpha value is -1.93. The molecule has 1 aliphatic rings. The van der Waals surface area contributed by atoms with E-state index in [1.54, 1.807) is 23.0 Å². The molecule has 2 aromatic rings. The van der Waals surface area contributed by atoms with Crippen LogP contribution in [0.4, 0.5) is 0 Å². The van der Waals surface area contributed by atoms with Crippen LogP contribution < -0.4 is 4.74 Å². The summed E-state index contributed by atoms with van der Waals surface area (Å²) in [5, 5.41) is 7.81. The summed E-state index contributed by atoms with van der Waals surface area (Å²) in [5.74, 6) is 0.383. The van der Waals surface area contributed by atoms with Gasteiger partial charge in [-0.3, -0.25) is 0 Å². The van der Waals surface area contributed by atoms with Crippen LogP contribution in [0.15, 0.2) is 35.5 Å². The number of benzene rings is 1. The molecule has 0 N–H and O–H groups in total. The summed E-state index contributed by atoms with van der Waals surface area (Å²) in [5.41, 5.74) is 0.891. The summed E-state index contributed by atoms with van der Waals surface area (Å²) in [6, 6.07) is 5.40. The van der Waals surface area contributed by atoms with Gasteiger partial charge in [0.05, 0.1) is 19.3 Å². The van der Waals surface area contributed by atoms with Crippen molar-refractivity contribution in [2.45, 2.75) is 30.7 Å². The standard InChI is InChI=1S/C15H20N4O3S/c1-12-3-4-14(22-2)15(11-12)23(20,21)18-8-5-13(6-9-18)19-10-7-16-17-19/h3-4,7,10-11,13H,5-6,8-9H2,1-2H3. The van der Waals surface area contributed by atoms with E-state index in [-0.39, 0.29) is 10.9 Å². The molecule has 1 aliphatic heterocycles. The summed E-state index contributed by atoms with van der Waals surface area (Å²) < 4.78 is 34.4. The minimum atomic E-state index is -3.56. The molecule has 0 aliphatic carbocycles. The normalized spacial score (nSPS) is 17.3. The van der Waals surface area contributed by atoms with Gasteiger partial charge in [0.15, 0.2) is 0 Å². The van der Waals surface area contributed by atoms with Crippen LogP contribution in [0.25, 0.3) is 0 Å². The van der Waals surface area contributed by atoms with Crippen molar-refractivity contribution in [3.8, 4) is 5.75 Å². The molecule has 1 aromatic heterocycles. The van der Waals surface area contributed by atoms with Gasteiger partial charge < -0.3 is 4.74 Å². The monoisotopic (exact) mass is 336 g/mol. The van der Waals surface area contributed by atoms with Crippen LogP contribution >= 0.6 is 0 Å². The number of ether oxygens (including phenoxy) is 1. The average molecular weight is 336 g/mol. The molecule has 0 saturated carbocycles. The minimum Gasteiger partial charge on any atom is -0.495 e. The maximum Gasteiger partial charge on any atom is 0.246 e. The third-order valence-electron chi connectivity index (χ3n) is 4.18. The molecule has 1 aromatic carbocycles. The van der Waals surface area contributed by atoms with Gasteiger partial charge in [-0.1, -0.05) is 11.3 Å². The van der Waals surface area contributed by atoms with E-state index in [0.717, 1.165) is 18.4 Å². The summed E-state index contributed by atoms with van der Waals surface area (Å²) in [6.45, 7) is 2.79. The predicted molar refractivity (Wildman–Crippen MR) is 84.8 cm³/mol. The number of sulfonamides is 1. The van der Waals surface area contributed by atoms with Crippen molar-refractivity contribution >= 4 is 10.0 Å². The molecular weight excluding hydrogens is 316 g/mol. The lowest BCUT2D eigenvalue weighted by atomic mass is 10.1. The third-order valence-corrected chi connectivity index (χ3v) is 6.10. The molecule has 7 nitrogen and oxygen atoms in total. The summed E-state index contributed by atoms with van der Waals surface area (Å²) in [7, 11) is -2.07. The summed E-state index contributed by atoms with van der Waals surface area (Å²) in [6.07, 6.45) is 4.90. The highest BCUT2D eigenvalue weighted by Gasteiger charge is 2.32. The molecule has 1 saturated heterocycles. The summed E-state index contributed by atoms with van der Waals surface area (Å²) >= 11 is 0. The molecular formula is C15H20N4O3S. The van der Waals surface area contributed by atoms with Crippen LogP contribution in [0.3, 0.4) is 0 Å². The molecule has 124 valence electrons. The molecule has 8 heteroatoms. The zero-order valence-electron chi connectivity index (χ0n) is 13.2. The smallest absolute Gasteiger partial charge is 0.246 e. The van der Waals surface area contributed by atoms with E-state index in [4.69, 9.17) is 4.74 Å². The quantitative estimate of drug-likeness (QED) is 0.848. The second-order valence-electron chi connectivity index (χ2n) is 5.67. The van der Waals surface area contributed by atoms with Crippen molar-refractivity contribution in [1.82, 2.24) is 19.3 Å². The third kappa shape index (κ3) is 3.09. The Bertz CT molecular complexity index is 766. The van der Waals surface area contributed by atoms with Crippen molar-refractivity contribution in [1.29, 1.82) is 0 Å². The lowest BCUT2D eigenvalue weighted by Gasteiger charge is -2.31. The van der Waals surface area contributed by atoms with Crippen molar-refractivity contribution in [2.24, 2.45) is 0 Å². The predicted octanol–water partition coefficient (Wildman–Crippen LogP) is 1.62. The van der Waals surface area contributed by atoms with Crippen molar-refractivity contribution in [3.05, 3.63) is 36.2 Å². The molecule has 0 unspecified atom stereocenters. The maximum atomic E-state index is 12.9. The van der Waals surface area contributed by atoms with Crippen LogP contribution in [-0.4, -0.2) is 47.9 Å². The molecule has 2 heterocycles. The number of nitrogens with zero attached hydrogens (tertiary/aromatic N) is 4. The van der Waals surface area contributed by atoms with Crippen LogP contribution in [-0.2, 0) is 10.0 Å². The first-order valence-electron chi connectivity index (χ1n) is 7.53. The van der Waals surface area contributed by atoms with Crippen LogP contribution in [0.1, 0.15) is 24.4 Å². The van der Waals surface area contributed by atoms with Gasteiger partial charge in [-0.2, -0.15) is 4.31 Å². The highest BCUT2D eigenvalue weighted by Crippen LogP contribution is 2.31. The van der Waals surface area contributed by atoms with E-state index in [0.29, 0.717) is 18.8 Å². The Labute approximate surface area is 135 Å². The number of aromatic nitrogens is 3. The van der Waals surface area contributed by atoms with Gasteiger partial charge >= 0.3 is 0 Å². The average Bonchev–Trinajstić information content (AvgIpc) is 3.09. The molecule has 1 fully saturated rings. The molecule has 0 bridgehead atoms. The van der Waals surface area contributed by atoms with E-state index in [9.17, 15) is 8.42 Å². The fourth-order valence-electron chi connectivity index (χ4n) is 2.88. The number of methoxy groups -OCH3 is 1. The second-order valence-corrected chi connectivity index (χ2v) is 7.58. The van der Waals surface area contributed by atoms with E-state index < -0.39 is 10.0 Å². The van der Waals surface area contributed by atoms with E-state index in [1.807, 2.05) is 19.2 Å². The zero-order chi connectivity index (χ0) is 16.4. The molecule has 3 rings (SSSR count). The number of aryl methyl sites for hydroxylation is 1. The molecule has 0 spiro atoms. The number of hydrogen-bond acceptors (Lipinski definition) is 5. The topological polar surface area (TPSA) is 77.3 Å². The van der Waals surface area contributed by atoms with Crippen molar-refractivity contribution in [3.63, 3.8) is 0 Å². The number of rotatable bonds is 4. The first kappa shape index (κ1) is 15.9. The SMILES string of the molecule is COc1ccc(C)cc1S(=O)(=O)N1CCC(n2ccnn2)CC1. The Kier molecular flexibility index (Phi) is 4.36. The Morgan fingerprint density at radius 2 is 2.00 bits per heavy atom. The minimum absolute atomic E-state index is 0.198. The molecule has 0 atom stereocenters. The molecule has 0 radical (unpaired) electrons. The second kappa shape index (κ2) is 6.29. The van der Waals surface area contributed by atoms with Gasteiger partial charge in [-0.05, 0) is 37.5 Å². The van der Waals surface area contributed by atoms with Crippen molar-refractivity contribution < 1.29 is 13.2 Å². The fraction of sp³-hybridized carbons (Fsp3) is 0.467. The first-order valence-corrected chi connectivity index (χ1v) is 8.97. The summed E-state index contributed by atoms with van der Waals surface area (Å²) in [4.78, 5) is 0.235. The van der Waals surface area contributed by atoms with Gasteiger partial charge in [0.25, 0.3) is 0 Å². The molecule has 0 amide bonds. The van der Waals surface area contributed by atoms with E-state index in [1.165, 1.54) is 11.4 Å². The van der Waals surface area contributed by atoms with E-state index >= 15 is 0 Å². The fourth-order valence-corrected chi connectivity index (χ4v) is 4.59. The first-order chi connectivity index (χ1) is 11.0. The number of hydrogen-bond donors (Lipinski definition) is 0. The Balaban J connectivity index is 1.81. The largest absolute Gasteiger partial charge is 0.495 e. The van der Waals surface area contributed by atoms with Gasteiger partial charge in [0, 0.05) is 19.3 Å². The van der Waals surface area contributed by atoms with Gasteiger partial charge in [-0.15, -0.1) is 5.10 Å². The van der Waals surface area contributed by atoms with Crippen LogP contribution in [0.2, 0.25) is 0 Å². The highest BCUT2D eigenvalue weighted by atomic mass is 32.2. The lowest BCUT2D eigenvalue weighted by molar-refractivity contribution is 0.258. The Morgan fingerprint density at radius 1 is 1.26 bits per heavy atom. The highest BCUT2D eigenvalue weighted by molar-refractivity contribution is 7.89. The van der Waals surface area contributed by atoms with Crippen molar-refractivity contribution in [2.75, 3.05) is 20.2 Å². The maximum absolute atomic E-state index is 12.9. The van der Waals surface area contributed by atoms with Gasteiger partial charge in [0.1, 0.15) is 10.6 Å². The van der Waals surface area contributed by atoms with E-state index in [2.05, 4.69) is 10.3 Å². The lowest BCUT2D eigenvalue weighted by Crippen LogP contribution is -2.39. The number of piperidine rings is 1. The Morgan fingerprint density at radius 3 is 2.61 bits per heavy atom. The van der Waals surface area contributed by atoms with Gasteiger partial charge in [-0.25, -0.2) is 13.1 Å².